The smallest absolute Gasteiger partial charge is 0.145 e. The maximum atomic E-state index is 6.28. The molecule has 3 nitrogen and oxygen atoms in total. The quantitative estimate of drug-likeness (QED) is 0.320. The Labute approximate surface area is 171 Å². The predicted molar refractivity (Wildman–Crippen MR) is 124 cm³/mol. The molecule has 3 heteroatoms. The summed E-state index contributed by atoms with van der Waals surface area (Å²) in [6.07, 6.45) is 3.68. The molecule has 0 atom stereocenters. The third-order valence-electron chi connectivity index (χ3n) is 6.11. The molecule has 3 aromatic heterocycles. The molecule has 140 valence electrons. The first-order valence-electron chi connectivity index (χ1n) is 10.1. The minimum atomic E-state index is 0.909. The number of fused-ring (bicyclic) bond motifs is 10. The number of nitrogens with zero attached hydrogens (tertiary/aromatic N) is 1. The monoisotopic (exact) mass is 384 g/mol. The van der Waals surface area contributed by atoms with Gasteiger partial charge in [0.15, 0.2) is 0 Å². The lowest BCUT2D eigenvalue weighted by Crippen LogP contribution is -1.83. The topological polar surface area (TPSA) is 41.8 Å². The molecule has 0 aliphatic heterocycles. The summed E-state index contributed by atoms with van der Waals surface area (Å²) in [6.45, 7) is 0. The van der Waals surface area contributed by atoms with Gasteiger partial charge < -0.3 is 9.40 Å². The van der Waals surface area contributed by atoms with Crippen LogP contribution < -0.4 is 0 Å². The van der Waals surface area contributed by atoms with E-state index in [1.807, 2.05) is 30.7 Å². The zero-order chi connectivity index (χ0) is 19.7. The van der Waals surface area contributed by atoms with Gasteiger partial charge in [0.1, 0.15) is 11.8 Å². The molecule has 0 fully saturated rings. The summed E-state index contributed by atoms with van der Waals surface area (Å²) in [5, 5.41) is 8.28. The van der Waals surface area contributed by atoms with Gasteiger partial charge >= 0.3 is 0 Å². The molecule has 0 spiro atoms. The van der Waals surface area contributed by atoms with Crippen molar-refractivity contribution in [3.05, 3.63) is 91.3 Å². The fourth-order valence-electron chi connectivity index (χ4n) is 4.84. The Morgan fingerprint density at radius 3 is 2.33 bits per heavy atom. The lowest BCUT2D eigenvalue weighted by molar-refractivity contribution is 0.620. The fraction of sp³-hybridized carbons (Fsp3) is 0. The molecule has 7 rings (SSSR count). The lowest BCUT2D eigenvalue weighted by Gasteiger charge is -2.05. The van der Waals surface area contributed by atoms with Crippen LogP contribution in [0, 0.1) is 0 Å². The zero-order valence-electron chi connectivity index (χ0n) is 16.0. The van der Waals surface area contributed by atoms with Gasteiger partial charge in [0.25, 0.3) is 0 Å². The Hall–Kier alpha value is -4.11. The highest BCUT2D eigenvalue weighted by Gasteiger charge is 2.20. The van der Waals surface area contributed by atoms with Crippen LogP contribution in [0.4, 0.5) is 0 Å². The van der Waals surface area contributed by atoms with Crippen molar-refractivity contribution in [3.63, 3.8) is 0 Å². The van der Waals surface area contributed by atoms with Crippen LogP contribution in [0.5, 0.6) is 0 Å². The summed E-state index contributed by atoms with van der Waals surface area (Å²) in [5.74, 6) is 0. The van der Waals surface area contributed by atoms with Crippen molar-refractivity contribution in [2.24, 2.45) is 0 Å². The van der Waals surface area contributed by atoms with E-state index in [9.17, 15) is 0 Å². The maximum absolute atomic E-state index is 6.28. The fourth-order valence-corrected chi connectivity index (χ4v) is 4.84. The van der Waals surface area contributed by atoms with Gasteiger partial charge in [-0.3, -0.25) is 4.98 Å². The van der Waals surface area contributed by atoms with Gasteiger partial charge in [0.2, 0.25) is 0 Å². The second-order valence-electron chi connectivity index (χ2n) is 7.70. The van der Waals surface area contributed by atoms with Gasteiger partial charge in [-0.15, -0.1) is 0 Å². The number of pyridine rings is 1. The number of hydrogen-bond donors (Lipinski definition) is 1. The Kier molecular flexibility index (Phi) is 3.00. The number of aromatic nitrogens is 2. The minimum Gasteiger partial charge on any atom is -0.463 e. The van der Waals surface area contributed by atoms with Crippen LogP contribution in [0.15, 0.2) is 95.7 Å². The normalized spacial score (nSPS) is 12.0. The molecule has 0 aliphatic rings. The average molecular weight is 384 g/mol. The van der Waals surface area contributed by atoms with Crippen molar-refractivity contribution in [3.8, 4) is 11.3 Å². The average Bonchev–Trinajstić information content (AvgIpc) is 3.42. The Balaban J connectivity index is 1.80. The van der Waals surface area contributed by atoms with Gasteiger partial charge in [-0.2, -0.15) is 0 Å². The molecule has 0 bridgehead atoms. The van der Waals surface area contributed by atoms with E-state index < -0.39 is 0 Å². The number of furan rings is 1. The van der Waals surface area contributed by atoms with Crippen molar-refractivity contribution in [2.45, 2.75) is 0 Å². The molecule has 3 heterocycles. The Morgan fingerprint density at radius 2 is 1.47 bits per heavy atom. The SMILES string of the molecule is c1ccc(-c2coc3c2c2ccccc2c2[nH]c4ccc5ccccc5c4c23)nc1. The summed E-state index contributed by atoms with van der Waals surface area (Å²) < 4.78 is 6.28. The van der Waals surface area contributed by atoms with Crippen LogP contribution in [0.2, 0.25) is 0 Å². The zero-order valence-corrected chi connectivity index (χ0v) is 16.0. The van der Waals surface area contributed by atoms with Gasteiger partial charge in [0, 0.05) is 33.4 Å². The van der Waals surface area contributed by atoms with Gasteiger partial charge in [-0.05, 0) is 34.4 Å². The standard InChI is InChI=1S/C27H16N2O/c1-2-8-17-16(7-1)12-13-22-24(17)25-26(29-22)19-10-4-3-9-18(19)23-20(15-30-27(23)25)21-11-5-6-14-28-21/h1-15,29H. The van der Waals surface area contributed by atoms with E-state index >= 15 is 0 Å². The summed E-state index contributed by atoms with van der Waals surface area (Å²) >= 11 is 0. The van der Waals surface area contributed by atoms with Crippen molar-refractivity contribution < 1.29 is 4.42 Å². The molecule has 0 unspecified atom stereocenters. The van der Waals surface area contributed by atoms with Crippen LogP contribution in [0.25, 0.3) is 65.6 Å². The van der Waals surface area contributed by atoms with E-state index in [1.165, 1.54) is 26.9 Å². The highest BCUT2D eigenvalue weighted by molar-refractivity contribution is 6.35. The molecular formula is C27H16N2O. The highest BCUT2D eigenvalue weighted by Crippen LogP contribution is 2.44. The first-order chi connectivity index (χ1) is 14.9. The van der Waals surface area contributed by atoms with Crippen LogP contribution >= 0.6 is 0 Å². The van der Waals surface area contributed by atoms with Crippen molar-refractivity contribution in [1.82, 2.24) is 9.97 Å². The van der Waals surface area contributed by atoms with Gasteiger partial charge in [-0.25, -0.2) is 0 Å². The second kappa shape index (κ2) is 5.71. The van der Waals surface area contributed by atoms with Gasteiger partial charge in [0.05, 0.1) is 16.6 Å². The van der Waals surface area contributed by atoms with Crippen LogP contribution in [-0.2, 0) is 0 Å². The Bertz CT molecular complexity index is 1740. The number of hydrogen-bond acceptors (Lipinski definition) is 2. The van der Waals surface area contributed by atoms with E-state index in [1.54, 1.807) is 0 Å². The molecular weight excluding hydrogens is 368 g/mol. The summed E-state index contributed by atoms with van der Waals surface area (Å²) in [5.41, 5.74) is 5.10. The predicted octanol–water partition coefficient (Wildman–Crippen LogP) is 7.44. The second-order valence-corrected chi connectivity index (χ2v) is 7.70. The van der Waals surface area contributed by atoms with E-state index in [0.29, 0.717) is 0 Å². The van der Waals surface area contributed by atoms with Crippen LogP contribution in [-0.4, -0.2) is 9.97 Å². The molecule has 0 amide bonds. The summed E-state index contributed by atoms with van der Waals surface area (Å²) in [4.78, 5) is 8.27. The van der Waals surface area contributed by atoms with Crippen molar-refractivity contribution >= 4 is 54.3 Å². The molecule has 1 N–H and O–H groups in total. The van der Waals surface area contributed by atoms with Crippen molar-refractivity contribution in [1.29, 1.82) is 0 Å². The third kappa shape index (κ3) is 1.96. The minimum absolute atomic E-state index is 0.909. The molecule has 0 aliphatic carbocycles. The Morgan fingerprint density at radius 1 is 0.667 bits per heavy atom. The molecule has 0 radical (unpaired) electrons. The van der Waals surface area contributed by atoms with E-state index in [-0.39, 0.29) is 0 Å². The summed E-state index contributed by atoms with van der Waals surface area (Å²) in [7, 11) is 0. The van der Waals surface area contributed by atoms with Crippen LogP contribution in [0.3, 0.4) is 0 Å². The first kappa shape index (κ1) is 15.8. The molecule has 30 heavy (non-hydrogen) atoms. The number of aromatic amines is 1. The van der Waals surface area contributed by atoms with E-state index in [0.717, 1.165) is 38.6 Å². The maximum Gasteiger partial charge on any atom is 0.145 e. The molecule has 0 saturated carbocycles. The molecule has 4 aromatic carbocycles. The number of H-pyrrole nitrogens is 1. The highest BCUT2D eigenvalue weighted by atomic mass is 16.3. The number of benzene rings is 4. The summed E-state index contributed by atoms with van der Waals surface area (Å²) in [6, 6.07) is 27.4. The lowest BCUT2D eigenvalue weighted by atomic mass is 9.97. The van der Waals surface area contributed by atoms with Crippen LogP contribution in [0.1, 0.15) is 0 Å². The molecule has 0 saturated heterocycles. The largest absolute Gasteiger partial charge is 0.463 e. The molecule has 7 aromatic rings. The van der Waals surface area contributed by atoms with Crippen molar-refractivity contribution in [2.75, 3.05) is 0 Å². The van der Waals surface area contributed by atoms with Gasteiger partial charge in [-0.1, -0.05) is 60.7 Å². The number of nitrogens with one attached hydrogen (secondary N) is 1. The number of rotatable bonds is 1. The van der Waals surface area contributed by atoms with E-state index in [4.69, 9.17) is 4.42 Å². The first-order valence-corrected chi connectivity index (χ1v) is 10.1. The van der Waals surface area contributed by atoms with E-state index in [2.05, 4.69) is 70.6 Å². The third-order valence-corrected chi connectivity index (χ3v) is 6.11.